The fourth-order valence-electron chi connectivity index (χ4n) is 1.37. The molecule has 2 rings (SSSR count). The van der Waals surface area contributed by atoms with Gasteiger partial charge in [0.2, 0.25) is 0 Å². The van der Waals surface area contributed by atoms with Gasteiger partial charge in [0.15, 0.2) is 0 Å². The molecular formula is C10H9N2O2S-. The number of aromatic amines is 1. The predicted octanol–water partition coefficient (Wildman–Crippen LogP) is 1.46. The first-order valence-corrected chi connectivity index (χ1v) is 5.64. The van der Waals surface area contributed by atoms with E-state index < -0.39 is 11.1 Å². The number of nitrogens with one attached hydrogen (secondary N) is 1. The van der Waals surface area contributed by atoms with Crippen LogP contribution in [-0.2, 0) is 16.8 Å². The van der Waals surface area contributed by atoms with E-state index in [1.807, 2.05) is 18.2 Å². The second-order valence-electron chi connectivity index (χ2n) is 3.09. The zero-order valence-corrected chi connectivity index (χ0v) is 8.66. The first-order chi connectivity index (χ1) is 7.25. The quantitative estimate of drug-likeness (QED) is 0.798. The SMILES string of the molecule is O=S([O-])Cc1cccc(-c2ncc[nH]2)c1. The molecule has 0 aliphatic heterocycles. The summed E-state index contributed by atoms with van der Waals surface area (Å²) in [5.41, 5.74) is 1.65. The molecule has 0 spiro atoms. The second kappa shape index (κ2) is 4.37. The van der Waals surface area contributed by atoms with Crippen molar-refractivity contribution in [2.24, 2.45) is 0 Å². The highest BCUT2D eigenvalue weighted by atomic mass is 32.2. The summed E-state index contributed by atoms with van der Waals surface area (Å²) in [5, 5.41) is 0. The lowest BCUT2D eigenvalue weighted by atomic mass is 10.1. The van der Waals surface area contributed by atoms with Gasteiger partial charge in [-0.3, -0.25) is 4.21 Å². The molecule has 0 aliphatic carbocycles. The highest BCUT2D eigenvalue weighted by Gasteiger charge is 2.00. The van der Waals surface area contributed by atoms with Crippen molar-refractivity contribution in [3.8, 4) is 11.4 Å². The van der Waals surface area contributed by atoms with Crippen molar-refractivity contribution < 1.29 is 8.76 Å². The molecule has 5 heteroatoms. The first kappa shape index (κ1) is 10.1. The lowest BCUT2D eigenvalue weighted by Gasteiger charge is -2.05. The molecule has 15 heavy (non-hydrogen) atoms. The molecule has 0 aliphatic rings. The van der Waals surface area contributed by atoms with Gasteiger partial charge in [0.1, 0.15) is 5.82 Å². The number of nitrogens with zero attached hydrogens (tertiary/aromatic N) is 1. The van der Waals surface area contributed by atoms with E-state index >= 15 is 0 Å². The molecule has 1 unspecified atom stereocenters. The summed E-state index contributed by atoms with van der Waals surface area (Å²) in [7, 11) is 0. The van der Waals surface area contributed by atoms with Gasteiger partial charge in [0, 0.05) is 23.7 Å². The number of benzene rings is 1. The molecule has 1 aromatic heterocycles. The number of H-pyrrole nitrogens is 1. The minimum atomic E-state index is -2.05. The summed E-state index contributed by atoms with van der Waals surface area (Å²) >= 11 is -2.05. The summed E-state index contributed by atoms with van der Waals surface area (Å²) in [6, 6.07) is 7.30. The summed E-state index contributed by atoms with van der Waals surface area (Å²) in [5.74, 6) is 0.780. The van der Waals surface area contributed by atoms with Gasteiger partial charge in [-0.1, -0.05) is 29.3 Å². The van der Waals surface area contributed by atoms with E-state index in [1.54, 1.807) is 18.5 Å². The molecule has 1 atom stereocenters. The van der Waals surface area contributed by atoms with Crippen molar-refractivity contribution >= 4 is 11.1 Å². The van der Waals surface area contributed by atoms with Crippen molar-refractivity contribution in [3.63, 3.8) is 0 Å². The van der Waals surface area contributed by atoms with Crippen LogP contribution in [0.2, 0.25) is 0 Å². The monoisotopic (exact) mass is 221 g/mol. The lowest BCUT2D eigenvalue weighted by Crippen LogP contribution is -1.93. The molecule has 1 heterocycles. The zero-order valence-electron chi connectivity index (χ0n) is 7.84. The van der Waals surface area contributed by atoms with Crippen LogP contribution in [0.5, 0.6) is 0 Å². The average molecular weight is 221 g/mol. The van der Waals surface area contributed by atoms with Crippen LogP contribution in [0.1, 0.15) is 5.56 Å². The number of aromatic nitrogens is 2. The number of hydrogen-bond donors (Lipinski definition) is 1. The van der Waals surface area contributed by atoms with Gasteiger partial charge in [-0.15, -0.1) is 0 Å². The minimum Gasteiger partial charge on any atom is -0.772 e. The maximum atomic E-state index is 10.5. The van der Waals surface area contributed by atoms with E-state index in [-0.39, 0.29) is 5.75 Å². The Labute approximate surface area is 89.7 Å². The second-order valence-corrected chi connectivity index (χ2v) is 3.98. The number of hydrogen-bond acceptors (Lipinski definition) is 3. The Morgan fingerprint density at radius 3 is 3.00 bits per heavy atom. The van der Waals surface area contributed by atoms with E-state index in [0.717, 1.165) is 17.0 Å². The molecule has 2 aromatic rings. The molecule has 0 amide bonds. The average Bonchev–Trinajstić information content (AvgIpc) is 2.69. The van der Waals surface area contributed by atoms with Gasteiger partial charge >= 0.3 is 0 Å². The van der Waals surface area contributed by atoms with E-state index in [0.29, 0.717) is 0 Å². The smallest absolute Gasteiger partial charge is 0.137 e. The molecule has 0 bridgehead atoms. The molecule has 0 saturated heterocycles. The third kappa shape index (κ3) is 2.51. The Morgan fingerprint density at radius 2 is 2.33 bits per heavy atom. The van der Waals surface area contributed by atoms with Gasteiger partial charge in [0.25, 0.3) is 0 Å². The van der Waals surface area contributed by atoms with Gasteiger partial charge in [-0.05, 0) is 11.6 Å². The van der Waals surface area contributed by atoms with Crippen molar-refractivity contribution in [1.82, 2.24) is 9.97 Å². The topological polar surface area (TPSA) is 68.8 Å². The third-order valence-corrected chi connectivity index (χ3v) is 2.55. The first-order valence-electron chi connectivity index (χ1n) is 4.40. The van der Waals surface area contributed by atoms with Crippen molar-refractivity contribution in [2.75, 3.05) is 0 Å². The number of rotatable bonds is 3. The van der Waals surface area contributed by atoms with Crippen LogP contribution in [0.4, 0.5) is 0 Å². The maximum Gasteiger partial charge on any atom is 0.137 e. The van der Waals surface area contributed by atoms with Crippen LogP contribution < -0.4 is 0 Å². The standard InChI is InChI=1S/C10H10N2O2S/c13-15(14)7-8-2-1-3-9(6-8)10-11-4-5-12-10/h1-6H,7H2,(H,11,12)(H,13,14)/p-1. The lowest BCUT2D eigenvalue weighted by molar-refractivity contribution is 0.536. The Morgan fingerprint density at radius 1 is 1.47 bits per heavy atom. The minimum absolute atomic E-state index is 0.0363. The van der Waals surface area contributed by atoms with Gasteiger partial charge in [0.05, 0.1) is 0 Å². The van der Waals surface area contributed by atoms with Crippen molar-refractivity contribution in [3.05, 3.63) is 42.2 Å². The molecule has 4 nitrogen and oxygen atoms in total. The summed E-state index contributed by atoms with van der Waals surface area (Å²) in [4.78, 5) is 7.07. The van der Waals surface area contributed by atoms with Crippen LogP contribution in [0.15, 0.2) is 36.7 Å². The fraction of sp³-hybridized carbons (Fsp3) is 0.100. The zero-order chi connectivity index (χ0) is 10.7. The molecule has 1 N–H and O–H groups in total. The normalized spacial score (nSPS) is 12.6. The third-order valence-electron chi connectivity index (χ3n) is 1.98. The fourth-order valence-corrected chi connectivity index (χ4v) is 1.82. The van der Waals surface area contributed by atoms with Gasteiger partial charge in [-0.2, -0.15) is 0 Å². The summed E-state index contributed by atoms with van der Waals surface area (Å²) in [6.07, 6.45) is 3.39. The molecule has 0 fully saturated rings. The molecule has 78 valence electrons. The molecule has 0 saturated carbocycles. The predicted molar refractivity (Wildman–Crippen MR) is 56.6 cm³/mol. The maximum absolute atomic E-state index is 10.5. The van der Waals surface area contributed by atoms with Crippen LogP contribution in [0.25, 0.3) is 11.4 Å². The van der Waals surface area contributed by atoms with Gasteiger partial charge < -0.3 is 9.54 Å². The van der Waals surface area contributed by atoms with Crippen LogP contribution in [0.3, 0.4) is 0 Å². The van der Waals surface area contributed by atoms with E-state index in [1.165, 1.54) is 0 Å². The highest BCUT2D eigenvalue weighted by Crippen LogP contribution is 2.16. The van der Waals surface area contributed by atoms with Crippen LogP contribution in [0, 0.1) is 0 Å². The van der Waals surface area contributed by atoms with Gasteiger partial charge in [-0.25, -0.2) is 4.98 Å². The Bertz CT molecular complexity index is 468. The van der Waals surface area contributed by atoms with Crippen molar-refractivity contribution in [2.45, 2.75) is 5.75 Å². The Kier molecular flexibility index (Phi) is 2.94. The summed E-state index contributed by atoms with van der Waals surface area (Å²) in [6.45, 7) is 0. The number of imidazole rings is 1. The molecular weight excluding hydrogens is 212 g/mol. The van der Waals surface area contributed by atoms with Crippen LogP contribution >= 0.6 is 0 Å². The Hall–Kier alpha value is -1.46. The van der Waals surface area contributed by atoms with E-state index in [2.05, 4.69) is 9.97 Å². The molecule has 0 radical (unpaired) electrons. The summed E-state index contributed by atoms with van der Waals surface area (Å²) < 4.78 is 21.1. The van der Waals surface area contributed by atoms with E-state index in [4.69, 9.17) is 0 Å². The van der Waals surface area contributed by atoms with Crippen LogP contribution in [-0.4, -0.2) is 18.7 Å². The largest absolute Gasteiger partial charge is 0.772 e. The van der Waals surface area contributed by atoms with Crippen molar-refractivity contribution in [1.29, 1.82) is 0 Å². The van der Waals surface area contributed by atoms with E-state index in [9.17, 15) is 8.76 Å². The highest BCUT2D eigenvalue weighted by molar-refractivity contribution is 7.78. The Balaban J connectivity index is 2.31. The molecule has 1 aromatic carbocycles.